The molecule has 6 heteroatoms. The van der Waals surface area contributed by atoms with Gasteiger partial charge in [-0.2, -0.15) is 0 Å². The van der Waals surface area contributed by atoms with Crippen molar-refractivity contribution in [1.29, 1.82) is 0 Å². The van der Waals surface area contributed by atoms with E-state index in [0.717, 1.165) is 17.8 Å². The van der Waals surface area contributed by atoms with Gasteiger partial charge in [0.1, 0.15) is 5.69 Å². The van der Waals surface area contributed by atoms with Crippen LogP contribution in [0.5, 0.6) is 0 Å². The van der Waals surface area contributed by atoms with E-state index >= 15 is 0 Å². The van der Waals surface area contributed by atoms with Gasteiger partial charge >= 0.3 is 11.9 Å². The molecule has 1 aliphatic heterocycles. The van der Waals surface area contributed by atoms with E-state index < -0.39 is 5.97 Å². The number of rotatable bonds is 5. The summed E-state index contributed by atoms with van der Waals surface area (Å²) in [4.78, 5) is 28.5. The number of aromatic nitrogens is 1. The molecular formula is C14H18N2O4. The van der Waals surface area contributed by atoms with Crippen LogP contribution in [0.15, 0.2) is 12.1 Å². The third kappa shape index (κ3) is 3.54. The van der Waals surface area contributed by atoms with E-state index in [1.54, 1.807) is 6.92 Å². The van der Waals surface area contributed by atoms with Gasteiger partial charge in [0.25, 0.3) is 0 Å². The minimum absolute atomic E-state index is 0.0868. The Kier molecular flexibility index (Phi) is 4.68. The summed E-state index contributed by atoms with van der Waals surface area (Å²) in [5.74, 6) is -1.19. The molecule has 6 nitrogen and oxygen atoms in total. The predicted octanol–water partition coefficient (Wildman–Crippen LogP) is 1.09. The zero-order valence-corrected chi connectivity index (χ0v) is 11.5. The average molecular weight is 278 g/mol. The SMILES string of the molecule is CCOC(=O)CCN1CCc2nc(C(=O)O)ccc2C1. The number of carboxylic acid groups (broad SMARTS) is 1. The number of carbonyl (C=O) groups is 2. The highest BCUT2D eigenvalue weighted by atomic mass is 16.5. The molecule has 0 atom stereocenters. The van der Waals surface area contributed by atoms with Gasteiger partial charge in [-0.05, 0) is 18.6 Å². The molecule has 2 heterocycles. The van der Waals surface area contributed by atoms with Crippen molar-refractivity contribution in [2.45, 2.75) is 26.3 Å². The number of aromatic carboxylic acids is 1. The van der Waals surface area contributed by atoms with Crippen LogP contribution < -0.4 is 0 Å². The lowest BCUT2D eigenvalue weighted by Gasteiger charge is -2.27. The average Bonchev–Trinajstić information content (AvgIpc) is 2.44. The summed E-state index contributed by atoms with van der Waals surface area (Å²) in [7, 11) is 0. The van der Waals surface area contributed by atoms with E-state index in [4.69, 9.17) is 9.84 Å². The standard InChI is InChI=1S/C14H18N2O4/c1-2-20-13(17)6-8-16-7-5-11-10(9-16)3-4-12(15-11)14(18)19/h3-4H,2,5-9H2,1H3,(H,18,19). The highest BCUT2D eigenvalue weighted by Crippen LogP contribution is 2.18. The summed E-state index contributed by atoms with van der Waals surface area (Å²) in [6, 6.07) is 3.33. The zero-order chi connectivity index (χ0) is 14.5. The van der Waals surface area contributed by atoms with Gasteiger partial charge in [0.05, 0.1) is 13.0 Å². The number of pyridine rings is 1. The Hall–Kier alpha value is -1.95. The van der Waals surface area contributed by atoms with Crippen molar-refractivity contribution in [2.24, 2.45) is 0 Å². The van der Waals surface area contributed by atoms with Crippen molar-refractivity contribution in [2.75, 3.05) is 19.7 Å². The maximum atomic E-state index is 11.3. The van der Waals surface area contributed by atoms with Crippen molar-refractivity contribution in [1.82, 2.24) is 9.88 Å². The lowest BCUT2D eigenvalue weighted by Crippen LogP contribution is -2.33. The Morgan fingerprint density at radius 1 is 1.45 bits per heavy atom. The molecule has 1 aromatic rings. The number of fused-ring (bicyclic) bond motifs is 1. The van der Waals surface area contributed by atoms with Gasteiger partial charge in [-0.3, -0.25) is 9.69 Å². The lowest BCUT2D eigenvalue weighted by molar-refractivity contribution is -0.143. The van der Waals surface area contributed by atoms with Gasteiger partial charge in [0, 0.05) is 31.7 Å². The Bertz CT molecular complexity index is 516. The number of hydrogen-bond acceptors (Lipinski definition) is 5. The summed E-state index contributed by atoms with van der Waals surface area (Å²) in [5, 5.41) is 8.91. The fraction of sp³-hybridized carbons (Fsp3) is 0.500. The number of ether oxygens (including phenoxy) is 1. The topological polar surface area (TPSA) is 79.7 Å². The van der Waals surface area contributed by atoms with Crippen LogP contribution in [-0.4, -0.2) is 46.6 Å². The molecule has 108 valence electrons. The second-order valence-electron chi connectivity index (χ2n) is 4.69. The second-order valence-corrected chi connectivity index (χ2v) is 4.69. The minimum Gasteiger partial charge on any atom is -0.477 e. The van der Waals surface area contributed by atoms with Crippen molar-refractivity contribution in [3.05, 3.63) is 29.1 Å². The molecule has 20 heavy (non-hydrogen) atoms. The lowest BCUT2D eigenvalue weighted by atomic mass is 10.0. The second kappa shape index (κ2) is 6.47. The van der Waals surface area contributed by atoms with Gasteiger partial charge in [0.15, 0.2) is 0 Å². The van der Waals surface area contributed by atoms with Crippen LogP contribution in [-0.2, 0) is 22.5 Å². The Labute approximate surface area is 117 Å². The highest BCUT2D eigenvalue weighted by Gasteiger charge is 2.19. The van der Waals surface area contributed by atoms with Gasteiger partial charge in [-0.15, -0.1) is 0 Å². The molecule has 0 saturated heterocycles. The van der Waals surface area contributed by atoms with E-state index in [1.807, 2.05) is 6.07 Å². The van der Waals surface area contributed by atoms with Crippen molar-refractivity contribution in [3.63, 3.8) is 0 Å². The van der Waals surface area contributed by atoms with Crippen LogP contribution in [0.1, 0.15) is 35.1 Å². The zero-order valence-electron chi connectivity index (χ0n) is 11.5. The summed E-state index contributed by atoms with van der Waals surface area (Å²) >= 11 is 0. The van der Waals surface area contributed by atoms with Crippen molar-refractivity contribution < 1.29 is 19.4 Å². The molecule has 0 radical (unpaired) electrons. The first-order chi connectivity index (χ1) is 9.60. The van der Waals surface area contributed by atoms with Gasteiger partial charge < -0.3 is 9.84 Å². The highest BCUT2D eigenvalue weighted by molar-refractivity contribution is 5.85. The quantitative estimate of drug-likeness (QED) is 0.812. The van der Waals surface area contributed by atoms with Crippen molar-refractivity contribution in [3.8, 4) is 0 Å². The van der Waals surface area contributed by atoms with E-state index in [9.17, 15) is 9.59 Å². The van der Waals surface area contributed by atoms with Gasteiger partial charge in [-0.25, -0.2) is 9.78 Å². The molecule has 0 aromatic carbocycles. The molecule has 0 unspecified atom stereocenters. The third-order valence-electron chi connectivity index (χ3n) is 3.28. The number of carbonyl (C=O) groups excluding carboxylic acids is 1. The molecule has 2 rings (SSSR count). The van der Waals surface area contributed by atoms with Gasteiger partial charge in [0.2, 0.25) is 0 Å². The van der Waals surface area contributed by atoms with E-state index in [0.29, 0.717) is 32.5 Å². The third-order valence-corrected chi connectivity index (χ3v) is 3.28. The maximum Gasteiger partial charge on any atom is 0.354 e. The predicted molar refractivity (Wildman–Crippen MR) is 71.4 cm³/mol. The molecule has 0 saturated carbocycles. The van der Waals surface area contributed by atoms with Crippen LogP contribution >= 0.6 is 0 Å². The molecule has 0 bridgehead atoms. The van der Waals surface area contributed by atoms with E-state index in [2.05, 4.69) is 9.88 Å². The Balaban J connectivity index is 1.94. The first-order valence-corrected chi connectivity index (χ1v) is 6.70. The Morgan fingerprint density at radius 2 is 2.25 bits per heavy atom. The van der Waals surface area contributed by atoms with Crippen LogP contribution in [0, 0.1) is 0 Å². The summed E-state index contributed by atoms with van der Waals surface area (Å²) in [5.41, 5.74) is 1.96. The van der Waals surface area contributed by atoms with Gasteiger partial charge in [-0.1, -0.05) is 6.07 Å². The summed E-state index contributed by atoms with van der Waals surface area (Å²) in [6.45, 7) is 4.33. The number of hydrogen-bond donors (Lipinski definition) is 1. The first-order valence-electron chi connectivity index (χ1n) is 6.70. The number of nitrogens with zero attached hydrogens (tertiary/aromatic N) is 2. The van der Waals surface area contributed by atoms with Crippen molar-refractivity contribution >= 4 is 11.9 Å². The van der Waals surface area contributed by atoms with Crippen LogP contribution in [0.2, 0.25) is 0 Å². The van der Waals surface area contributed by atoms with Crippen LogP contribution in [0.4, 0.5) is 0 Å². The van der Waals surface area contributed by atoms with E-state index in [-0.39, 0.29) is 11.7 Å². The monoisotopic (exact) mass is 278 g/mol. The molecule has 1 N–H and O–H groups in total. The molecule has 1 aromatic heterocycles. The van der Waals surface area contributed by atoms with E-state index in [1.165, 1.54) is 6.07 Å². The number of carboxylic acids is 1. The fourth-order valence-corrected chi connectivity index (χ4v) is 2.27. The minimum atomic E-state index is -1.00. The van der Waals surface area contributed by atoms with Crippen LogP contribution in [0.25, 0.3) is 0 Å². The normalized spacial score (nSPS) is 14.7. The largest absolute Gasteiger partial charge is 0.477 e. The first kappa shape index (κ1) is 14.5. The molecule has 0 amide bonds. The molecule has 0 spiro atoms. The maximum absolute atomic E-state index is 11.3. The fourth-order valence-electron chi connectivity index (χ4n) is 2.27. The molecule has 0 aliphatic carbocycles. The smallest absolute Gasteiger partial charge is 0.354 e. The summed E-state index contributed by atoms with van der Waals surface area (Å²) in [6.07, 6.45) is 1.09. The van der Waals surface area contributed by atoms with Crippen LogP contribution in [0.3, 0.4) is 0 Å². The molecular weight excluding hydrogens is 260 g/mol. The Morgan fingerprint density at radius 3 is 2.95 bits per heavy atom. The summed E-state index contributed by atoms with van der Waals surface area (Å²) < 4.78 is 4.90. The molecule has 0 fully saturated rings. The number of esters is 1. The molecule has 1 aliphatic rings.